The average molecular weight is 459 g/mol. The Hall–Kier alpha value is -4.13. The molecule has 0 radical (unpaired) electrons. The summed E-state index contributed by atoms with van der Waals surface area (Å²) in [6.07, 6.45) is -0.495. The molecule has 4 rings (SSSR count). The second-order valence-corrected chi connectivity index (χ2v) is 8.37. The standard InChI is InChI=1S/C27H26N2O5/c1-17(26(31)32)15-28-25(30)14-18-7-6-8-19(13-18)29-27(33)34-16-24-22-11-4-2-9-20(22)21-10-3-5-12-23(21)24/h2-13,17,24H,14-16H2,1H3,(H,28,30)(H,29,33)(H,31,32). The van der Waals surface area contributed by atoms with E-state index in [2.05, 4.69) is 34.9 Å². The third-order valence-electron chi connectivity index (χ3n) is 5.91. The van der Waals surface area contributed by atoms with Crippen LogP contribution >= 0.6 is 0 Å². The van der Waals surface area contributed by atoms with Crippen LogP contribution < -0.4 is 10.6 Å². The van der Waals surface area contributed by atoms with E-state index in [4.69, 9.17) is 9.84 Å². The van der Waals surface area contributed by atoms with Crippen molar-refractivity contribution in [3.05, 3.63) is 89.5 Å². The average Bonchev–Trinajstić information content (AvgIpc) is 3.15. The molecule has 0 aliphatic heterocycles. The van der Waals surface area contributed by atoms with E-state index in [0.29, 0.717) is 11.3 Å². The normalized spacial score (nSPS) is 12.9. The van der Waals surface area contributed by atoms with Gasteiger partial charge in [0, 0.05) is 18.2 Å². The smallest absolute Gasteiger partial charge is 0.411 e. The molecule has 7 nitrogen and oxygen atoms in total. The molecule has 7 heteroatoms. The summed E-state index contributed by atoms with van der Waals surface area (Å²) in [7, 11) is 0. The van der Waals surface area contributed by atoms with Crippen LogP contribution in [0.25, 0.3) is 11.1 Å². The number of nitrogens with one attached hydrogen (secondary N) is 2. The number of hydrogen-bond donors (Lipinski definition) is 3. The van der Waals surface area contributed by atoms with E-state index in [1.165, 1.54) is 6.92 Å². The molecule has 2 amide bonds. The summed E-state index contributed by atoms with van der Waals surface area (Å²) in [5.41, 5.74) is 5.81. The molecule has 0 saturated carbocycles. The van der Waals surface area contributed by atoms with Crippen molar-refractivity contribution in [2.45, 2.75) is 19.3 Å². The molecule has 34 heavy (non-hydrogen) atoms. The van der Waals surface area contributed by atoms with Gasteiger partial charge in [0.1, 0.15) is 6.61 Å². The van der Waals surface area contributed by atoms with Gasteiger partial charge in [-0.2, -0.15) is 0 Å². The highest BCUT2D eigenvalue weighted by Crippen LogP contribution is 2.44. The monoisotopic (exact) mass is 458 g/mol. The Morgan fingerprint density at radius 3 is 2.24 bits per heavy atom. The Morgan fingerprint density at radius 2 is 1.59 bits per heavy atom. The van der Waals surface area contributed by atoms with Gasteiger partial charge in [0.2, 0.25) is 5.91 Å². The van der Waals surface area contributed by atoms with Crippen molar-refractivity contribution < 1.29 is 24.2 Å². The lowest BCUT2D eigenvalue weighted by Gasteiger charge is -2.15. The molecule has 1 atom stereocenters. The molecule has 0 saturated heterocycles. The van der Waals surface area contributed by atoms with E-state index >= 15 is 0 Å². The Kier molecular flexibility index (Phi) is 6.92. The second kappa shape index (κ2) is 10.2. The summed E-state index contributed by atoms with van der Waals surface area (Å²) in [4.78, 5) is 35.5. The number of rotatable bonds is 8. The number of carbonyl (C=O) groups is 3. The minimum absolute atomic E-state index is 0.0265. The molecule has 1 aliphatic carbocycles. The molecule has 1 aliphatic rings. The van der Waals surface area contributed by atoms with Gasteiger partial charge in [0.05, 0.1) is 12.3 Å². The molecule has 0 bridgehead atoms. The fraction of sp³-hybridized carbons (Fsp3) is 0.222. The van der Waals surface area contributed by atoms with Gasteiger partial charge < -0.3 is 15.2 Å². The number of fused-ring (bicyclic) bond motifs is 3. The molecule has 1 unspecified atom stereocenters. The summed E-state index contributed by atoms with van der Waals surface area (Å²) in [5.74, 6) is -1.94. The van der Waals surface area contributed by atoms with Crippen molar-refractivity contribution in [3.8, 4) is 11.1 Å². The lowest BCUT2D eigenvalue weighted by Crippen LogP contribution is -2.32. The van der Waals surface area contributed by atoms with Crippen molar-refractivity contribution in [1.82, 2.24) is 5.32 Å². The maximum Gasteiger partial charge on any atom is 0.411 e. The van der Waals surface area contributed by atoms with Crippen LogP contribution in [0.5, 0.6) is 0 Å². The maximum absolute atomic E-state index is 12.5. The summed E-state index contributed by atoms with van der Waals surface area (Å²) in [6, 6.07) is 23.2. The van der Waals surface area contributed by atoms with Gasteiger partial charge in [-0.25, -0.2) is 4.79 Å². The van der Waals surface area contributed by atoms with Gasteiger partial charge in [0.15, 0.2) is 0 Å². The van der Waals surface area contributed by atoms with Gasteiger partial charge in [-0.05, 0) is 39.9 Å². The zero-order valence-electron chi connectivity index (χ0n) is 18.8. The van der Waals surface area contributed by atoms with E-state index < -0.39 is 18.0 Å². The van der Waals surface area contributed by atoms with Gasteiger partial charge in [0.25, 0.3) is 0 Å². The van der Waals surface area contributed by atoms with Gasteiger partial charge >= 0.3 is 12.1 Å². The number of anilines is 1. The number of carboxylic acid groups (broad SMARTS) is 1. The number of ether oxygens (including phenoxy) is 1. The first kappa shape index (κ1) is 23.0. The third kappa shape index (κ3) is 5.26. The van der Waals surface area contributed by atoms with E-state index in [9.17, 15) is 14.4 Å². The van der Waals surface area contributed by atoms with E-state index in [-0.39, 0.29) is 31.4 Å². The van der Waals surface area contributed by atoms with E-state index in [1.54, 1.807) is 24.3 Å². The second-order valence-electron chi connectivity index (χ2n) is 8.37. The maximum atomic E-state index is 12.5. The van der Waals surface area contributed by atoms with E-state index in [0.717, 1.165) is 22.3 Å². The third-order valence-corrected chi connectivity index (χ3v) is 5.91. The predicted octanol–water partition coefficient (Wildman–Crippen LogP) is 4.43. The fourth-order valence-corrected chi connectivity index (χ4v) is 4.11. The van der Waals surface area contributed by atoms with Gasteiger partial charge in [-0.3, -0.25) is 14.9 Å². The number of carbonyl (C=O) groups excluding carboxylic acids is 2. The minimum Gasteiger partial charge on any atom is -0.481 e. The Morgan fingerprint density at radius 1 is 0.941 bits per heavy atom. The van der Waals surface area contributed by atoms with Crippen molar-refractivity contribution in [2.24, 2.45) is 5.92 Å². The molecule has 0 aromatic heterocycles. The number of benzene rings is 3. The zero-order chi connectivity index (χ0) is 24.1. The molecule has 0 spiro atoms. The fourth-order valence-electron chi connectivity index (χ4n) is 4.11. The first-order chi connectivity index (χ1) is 16.4. The van der Waals surface area contributed by atoms with Crippen molar-refractivity contribution in [3.63, 3.8) is 0 Å². The van der Waals surface area contributed by atoms with Crippen LogP contribution in [0.2, 0.25) is 0 Å². The highest BCUT2D eigenvalue weighted by Gasteiger charge is 2.29. The van der Waals surface area contributed by atoms with Gasteiger partial charge in [-0.15, -0.1) is 0 Å². The number of carboxylic acids is 1. The first-order valence-electron chi connectivity index (χ1n) is 11.1. The Balaban J connectivity index is 1.34. The van der Waals surface area contributed by atoms with E-state index in [1.807, 2.05) is 24.3 Å². The Bertz CT molecular complexity index is 1180. The van der Waals surface area contributed by atoms with Crippen LogP contribution in [0.4, 0.5) is 10.5 Å². The first-order valence-corrected chi connectivity index (χ1v) is 11.1. The minimum atomic E-state index is -0.963. The summed E-state index contributed by atoms with van der Waals surface area (Å²) in [6.45, 7) is 1.80. The largest absolute Gasteiger partial charge is 0.481 e. The highest BCUT2D eigenvalue weighted by atomic mass is 16.5. The van der Waals surface area contributed by atoms with Crippen LogP contribution in [0.15, 0.2) is 72.8 Å². The molecule has 0 fully saturated rings. The SMILES string of the molecule is CC(CNC(=O)Cc1cccc(NC(=O)OCC2c3ccccc3-c3ccccc32)c1)C(=O)O. The predicted molar refractivity (Wildman–Crippen MR) is 129 cm³/mol. The molecule has 3 aromatic rings. The molecule has 3 aromatic carbocycles. The van der Waals surface area contributed by atoms with Crippen LogP contribution in [0.1, 0.15) is 29.5 Å². The molecule has 3 N–H and O–H groups in total. The molecular formula is C27H26N2O5. The van der Waals surface area contributed by atoms with Crippen LogP contribution in [-0.2, 0) is 20.7 Å². The molecule has 0 heterocycles. The summed E-state index contributed by atoms with van der Waals surface area (Å²) >= 11 is 0. The van der Waals surface area contributed by atoms with Crippen LogP contribution in [-0.4, -0.2) is 36.2 Å². The topological polar surface area (TPSA) is 105 Å². The molecule has 174 valence electrons. The van der Waals surface area contributed by atoms with Crippen LogP contribution in [0.3, 0.4) is 0 Å². The highest BCUT2D eigenvalue weighted by molar-refractivity contribution is 5.86. The lowest BCUT2D eigenvalue weighted by molar-refractivity contribution is -0.141. The Labute approximate surface area is 197 Å². The lowest BCUT2D eigenvalue weighted by atomic mass is 9.98. The van der Waals surface area contributed by atoms with Crippen molar-refractivity contribution in [2.75, 3.05) is 18.5 Å². The van der Waals surface area contributed by atoms with Crippen molar-refractivity contribution >= 4 is 23.7 Å². The zero-order valence-corrected chi connectivity index (χ0v) is 18.8. The number of hydrogen-bond acceptors (Lipinski definition) is 4. The van der Waals surface area contributed by atoms with Crippen molar-refractivity contribution in [1.29, 1.82) is 0 Å². The van der Waals surface area contributed by atoms with Crippen LogP contribution in [0, 0.1) is 5.92 Å². The number of amides is 2. The quantitative estimate of drug-likeness (QED) is 0.463. The summed E-state index contributed by atoms with van der Waals surface area (Å²) < 4.78 is 5.57. The number of aliphatic carboxylic acids is 1. The summed E-state index contributed by atoms with van der Waals surface area (Å²) in [5, 5.41) is 14.2. The molecular weight excluding hydrogens is 432 g/mol. The van der Waals surface area contributed by atoms with Gasteiger partial charge in [-0.1, -0.05) is 67.6 Å².